The van der Waals surface area contributed by atoms with Gasteiger partial charge in [0.1, 0.15) is 19.0 Å². The van der Waals surface area contributed by atoms with E-state index in [2.05, 4.69) is 44.3 Å². The molecule has 8 heteroatoms. The molecule has 0 fully saturated rings. The monoisotopic (exact) mass is 486 g/mol. The number of benzene rings is 3. The molecule has 0 saturated heterocycles. The second-order valence-corrected chi connectivity index (χ2v) is 9.12. The van der Waals surface area contributed by atoms with Crippen molar-refractivity contribution in [3.05, 3.63) is 90.3 Å². The van der Waals surface area contributed by atoms with Gasteiger partial charge in [0.2, 0.25) is 5.91 Å². The number of aromatic nitrogens is 3. The fourth-order valence-corrected chi connectivity index (χ4v) is 4.78. The average molecular weight is 487 g/mol. The second-order valence-electron chi connectivity index (χ2n) is 8.06. The molecule has 0 unspecified atom stereocenters. The molecule has 1 amide bonds. The van der Waals surface area contributed by atoms with E-state index in [0.717, 1.165) is 29.5 Å². The molecule has 2 heterocycles. The summed E-state index contributed by atoms with van der Waals surface area (Å²) in [4.78, 5) is 12.6. The van der Waals surface area contributed by atoms with Crippen molar-refractivity contribution in [2.75, 3.05) is 24.3 Å². The Bertz CT molecular complexity index is 1280. The van der Waals surface area contributed by atoms with E-state index in [9.17, 15) is 4.79 Å². The molecule has 4 aromatic rings. The van der Waals surface area contributed by atoms with Gasteiger partial charge < -0.3 is 14.8 Å². The van der Waals surface area contributed by atoms with Crippen molar-refractivity contribution in [2.45, 2.75) is 24.4 Å². The Morgan fingerprint density at radius 2 is 1.63 bits per heavy atom. The van der Waals surface area contributed by atoms with Crippen molar-refractivity contribution in [3.63, 3.8) is 0 Å². The third-order valence-corrected chi connectivity index (χ3v) is 6.51. The number of carbonyl (C=O) groups excluding carboxylic acids is 1. The number of nitrogens with zero attached hydrogens (tertiary/aromatic N) is 3. The highest BCUT2D eigenvalue weighted by atomic mass is 32.2. The van der Waals surface area contributed by atoms with Crippen LogP contribution in [0.3, 0.4) is 0 Å². The molecule has 1 aliphatic heterocycles. The topological polar surface area (TPSA) is 78.3 Å². The molecule has 35 heavy (non-hydrogen) atoms. The summed E-state index contributed by atoms with van der Waals surface area (Å²) in [6.45, 7) is 1.05. The lowest BCUT2D eigenvalue weighted by molar-refractivity contribution is -0.115. The molecule has 7 nitrogen and oxygen atoms in total. The number of para-hydroxylation sites is 1. The molecule has 1 N–H and O–H groups in total. The Hall–Kier alpha value is -3.78. The SMILES string of the molecule is O=C(CCSc1nnc(CCc2ccccc2)n1-c1ccccc1)Nc1ccc2c(c1)OCCO2. The van der Waals surface area contributed by atoms with Crippen LogP contribution in [0.5, 0.6) is 11.5 Å². The predicted octanol–water partition coefficient (Wildman–Crippen LogP) is 4.94. The maximum Gasteiger partial charge on any atom is 0.225 e. The van der Waals surface area contributed by atoms with Gasteiger partial charge in [-0.25, -0.2) is 0 Å². The van der Waals surface area contributed by atoms with Crippen molar-refractivity contribution in [1.29, 1.82) is 0 Å². The Morgan fingerprint density at radius 1 is 0.886 bits per heavy atom. The Morgan fingerprint density at radius 3 is 2.43 bits per heavy atom. The number of amides is 1. The lowest BCUT2D eigenvalue weighted by atomic mass is 10.1. The Balaban J connectivity index is 1.22. The highest BCUT2D eigenvalue weighted by Gasteiger charge is 2.16. The van der Waals surface area contributed by atoms with Crippen LogP contribution < -0.4 is 14.8 Å². The van der Waals surface area contributed by atoms with Crippen molar-refractivity contribution in [1.82, 2.24) is 14.8 Å². The molecule has 0 spiro atoms. The first kappa shape index (κ1) is 23.0. The van der Waals surface area contributed by atoms with Crippen molar-refractivity contribution >= 4 is 23.4 Å². The van der Waals surface area contributed by atoms with Gasteiger partial charge in [0, 0.05) is 36.0 Å². The Kier molecular flexibility index (Phi) is 7.29. The molecule has 0 aliphatic carbocycles. The lowest BCUT2D eigenvalue weighted by Gasteiger charge is -2.19. The van der Waals surface area contributed by atoms with Crippen molar-refractivity contribution in [3.8, 4) is 17.2 Å². The number of ether oxygens (including phenoxy) is 2. The number of aryl methyl sites for hydroxylation is 2. The van der Waals surface area contributed by atoms with E-state index in [-0.39, 0.29) is 5.91 Å². The summed E-state index contributed by atoms with van der Waals surface area (Å²) in [5.74, 6) is 2.78. The predicted molar refractivity (Wildman–Crippen MR) is 137 cm³/mol. The molecule has 5 rings (SSSR count). The number of rotatable bonds is 9. The summed E-state index contributed by atoms with van der Waals surface area (Å²) in [5, 5.41) is 12.6. The molecular weight excluding hydrogens is 460 g/mol. The first-order valence-electron chi connectivity index (χ1n) is 11.6. The molecule has 1 aromatic heterocycles. The first-order valence-corrected chi connectivity index (χ1v) is 12.6. The molecule has 0 saturated carbocycles. The maximum absolute atomic E-state index is 12.6. The lowest BCUT2D eigenvalue weighted by Crippen LogP contribution is -2.16. The summed E-state index contributed by atoms with van der Waals surface area (Å²) in [6.07, 6.45) is 2.01. The molecule has 1 aliphatic rings. The van der Waals surface area contributed by atoms with Gasteiger partial charge in [0.25, 0.3) is 0 Å². The molecule has 0 bridgehead atoms. The van der Waals surface area contributed by atoms with Gasteiger partial charge in [-0.1, -0.05) is 60.3 Å². The minimum Gasteiger partial charge on any atom is -0.486 e. The van der Waals surface area contributed by atoms with Crippen LogP contribution in [-0.2, 0) is 17.6 Å². The molecule has 0 radical (unpaired) electrons. The summed E-state index contributed by atoms with van der Waals surface area (Å²) in [7, 11) is 0. The van der Waals surface area contributed by atoms with E-state index >= 15 is 0 Å². The van der Waals surface area contributed by atoms with E-state index in [1.165, 1.54) is 17.3 Å². The van der Waals surface area contributed by atoms with Crippen LogP contribution >= 0.6 is 11.8 Å². The summed E-state index contributed by atoms with van der Waals surface area (Å²) >= 11 is 1.53. The van der Waals surface area contributed by atoms with E-state index in [4.69, 9.17) is 9.47 Å². The number of anilines is 1. The number of thioether (sulfide) groups is 1. The molecule has 3 aromatic carbocycles. The van der Waals surface area contributed by atoms with Gasteiger partial charge in [-0.3, -0.25) is 9.36 Å². The standard InChI is InChI=1S/C27H26N4O3S/c32-26(28-21-12-13-23-24(19-21)34-17-16-33-23)15-18-35-27-30-29-25(14-11-20-7-3-1-4-8-20)31(27)22-9-5-2-6-10-22/h1-10,12-13,19H,11,14-18H2,(H,28,32). The van der Waals surface area contributed by atoms with Gasteiger partial charge in [0.15, 0.2) is 16.7 Å². The number of nitrogens with one attached hydrogen (secondary N) is 1. The van der Waals surface area contributed by atoms with E-state index < -0.39 is 0 Å². The van der Waals surface area contributed by atoms with Crippen molar-refractivity contribution in [2.24, 2.45) is 0 Å². The van der Waals surface area contributed by atoms with Crippen LogP contribution in [0.2, 0.25) is 0 Å². The van der Waals surface area contributed by atoms with Gasteiger partial charge in [-0.05, 0) is 36.2 Å². The fourth-order valence-electron chi connectivity index (χ4n) is 3.87. The quantitative estimate of drug-likeness (QED) is 0.338. The maximum atomic E-state index is 12.6. The normalized spacial score (nSPS) is 12.3. The number of hydrogen-bond donors (Lipinski definition) is 1. The van der Waals surface area contributed by atoms with Crippen LogP contribution in [0.15, 0.2) is 84.0 Å². The minimum absolute atomic E-state index is 0.0655. The third kappa shape index (κ3) is 5.84. The van der Waals surface area contributed by atoms with Crippen LogP contribution in [0.25, 0.3) is 5.69 Å². The van der Waals surface area contributed by atoms with Gasteiger partial charge in [-0.15, -0.1) is 10.2 Å². The number of hydrogen-bond acceptors (Lipinski definition) is 6. The Labute approximate surface area is 208 Å². The van der Waals surface area contributed by atoms with E-state index in [1.54, 1.807) is 6.07 Å². The fraction of sp³-hybridized carbons (Fsp3) is 0.222. The molecular formula is C27H26N4O3S. The smallest absolute Gasteiger partial charge is 0.225 e. The molecule has 178 valence electrons. The van der Waals surface area contributed by atoms with Crippen LogP contribution in [0.4, 0.5) is 5.69 Å². The second kappa shape index (κ2) is 11.1. The summed E-state index contributed by atoms with van der Waals surface area (Å²) in [5.41, 5.74) is 2.98. The number of carbonyl (C=O) groups is 1. The van der Waals surface area contributed by atoms with Gasteiger partial charge >= 0.3 is 0 Å². The zero-order valence-corrected chi connectivity index (χ0v) is 20.0. The largest absolute Gasteiger partial charge is 0.486 e. The van der Waals surface area contributed by atoms with Crippen LogP contribution in [0.1, 0.15) is 17.8 Å². The van der Waals surface area contributed by atoms with Crippen LogP contribution in [0, 0.1) is 0 Å². The highest BCUT2D eigenvalue weighted by molar-refractivity contribution is 7.99. The van der Waals surface area contributed by atoms with Crippen LogP contribution in [-0.4, -0.2) is 39.6 Å². The zero-order valence-electron chi connectivity index (χ0n) is 19.2. The molecule has 0 atom stereocenters. The summed E-state index contributed by atoms with van der Waals surface area (Å²) in [6, 6.07) is 25.9. The first-order chi connectivity index (χ1) is 17.3. The average Bonchev–Trinajstić information content (AvgIpc) is 3.31. The highest BCUT2D eigenvalue weighted by Crippen LogP contribution is 2.32. The zero-order chi connectivity index (χ0) is 23.9. The van der Waals surface area contributed by atoms with Gasteiger partial charge in [0.05, 0.1) is 0 Å². The van der Waals surface area contributed by atoms with Crippen molar-refractivity contribution < 1.29 is 14.3 Å². The number of fused-ring (bicyclic) bond motifs is 1. The third-order valence-electron chi connectivity index (χ3n) is 5.58. The summed E-state index contributed by atoms with van der Waals surface area (Å²) < 4.78 is 13.2. The van der Waals surface area contributed by atoms with E-state index in [1.807, 2.05) is 48.5 Å². The minimum atomic E-state index is -0.0655. The van der Waals surface area contributed by atoms with E-state index in [0.29, 0.717) is 42.6 Å². The van der Waals surface area contributed by atoms with Gasteiger partial charge in [-0.2, -0.15) is 0 Å².